The summed E-state index contributed by atoms with van der Waals surface area (Å²) in [5.74, 6) is -0.718. The van der Waals surface area contributed by atoms with Crippen LogP contribution < -0.4 is 15.4 Å². The van der Waals surface area contributed by atoms with Gasteiger partial charge in [-0.05, 0) is 34.9 Å². The standard InChI is InChI=1S/C25H29N3O4S/c1-18(2)24(29)26-14-15-27-25(30)23(16-19-8-4-3-5-9-19)28-33(31,32)22-13-12-20-10-6-7-11-21(20)17-22/h3-13,17-18,23,28H,14-16H2,1-2H3,(H,26,29)(H,27,30)/t23-/m1/s1. The van der Waals surface area contributed by atoms with Gasteiger partial charge in [0.2, 0.25) is 21.8 Å². The number of amides is 2. The lowest BCUT2D eigenvalue weighted by atomic mass is 10.1. The fourth-order valence-electron chi connectivity index (χ4n) is 3.33. The molecule has 0 aliphatic rings. The van der Waals surface area contributed by atoms with E-state index in [9.17, 15) is 18.0 Å². The van der Waals surface area contributed by atoms with Gasteiger partial charge in [-0.3, -0.25) is 9.59 Å². The van der Waals surface area contributed by atoms with Crippen molar-refractivity contribution in [3.8, 4) is 0 Å². The van der Waals surface area contributed by atoms with E-state index in [-0.39, 0.29) is 36.2 Å². The van der Waals surface area contributed by atoms with E-state index >= 15 is 0 Å². The second kappa shape index (κ2) is 11.1. The van der Waals surface area contributed by atoms with Crippen LogP contribution in [0.25, 0.3) is 10.8 Å². The molecule has 3 aromatic carbocycles. The van der Waals surface area contributed by atoms with Gasteiger partial charge in [0.15, 0.2) is 0 Å². The van der Waals surface area contributed by atoms with Crippen LogP contribution in [0.5, 0.6) is 0 Å². The molecule has 2 amide bonds. The molecule has 0 bridgehead atoms. The van der Waals surface area contributed by atoms with Gasteiger partial charge in [-0.25, -0.2) is 8.42 Å². The first-order valence-electron chi connectivity index (χ1n) is 10.9. The third kappa shape index (κ3) is 6.87. The van der Waals surface area contributed by atoms with Crippen molar-refractivity contribution in [1.29, 1.82) is 0 Å². The predicted molar refractivity (Wildman–Crippen MR) is 129 cm³/mol. The Morgan fingerprint density at radius 1 is 0.788 bits per heavy atom. The third-order valence-corrected chi connectivity index (χ3v) is 6.64. The van der Waals surface area contributed by atoms with Crippen molar-refractivity contribution < 1.29 is 18.0 Å². The molecule has 174 valence electrons. The predicted octanol–water partition coefficient (Wildman–Crippen LogP) is 2.62. The molecule has 0 fully saturated rings. The highest BCUT2D eigenvalue weighted by Crippen LogP contribution is 2.19. The van der Waals surface area contributed by atoms with Crippen LogP contribution in [-0.2, 0) is 26.0 Å². The van der Waals surface area contributed by atoms with Crippen LogP contribution in [0.2, 0.25) is 0 Å². The summed E-state index contributed by atoms with van der Waals surface area (Å²) in [5, 5.41) is 7.17. The van der Waals surface area contributed by atoms with Gasteiger partial charge in [0.05, 0.1) is 4.90 Å². The van der Waals surface area contributed by atoms with Crippen LogP contribution in [0.1, 0.15) is 19.4 Å². The van der Waals surface area contributed by atoms with Crippen molar-refractivity contribution in [3.05, 3.63) is 78.4 Å². The van der Waals surface area contributed by atoms with Gasteiger partial charge < -0.3 is 10.6 Å². The van der Waals surface area contributed by atoms with E-state index in [1.165, 1.54) is 6.07 Å². The lowest BCUT2D eigenvalue weighted by Gasteiger charge is -2.19. The van der Waals surface area contributed by atoms with Crippen molar-refractivity contribution in [3.63, 3.8) is 0 Å². The smallest absolute Gasteiger partial charge is 0.241 e. The molecule has 0 heterocycles. The maximum atomic E-state index is 13.1. The molecule has 3 N–H and O–H groups in total. The fraction of sp³-hybridized carbons (Fsp3) is 0.280. The van der Waals surface area contributed by atoms with Crippen molar-refractivity contribution in [1.82, 2.24) is 15.4 Å². The van der Waals surface area contributed by atoms with E-state index in [4.69, 9.17) is 0 Å². The normalized spacial score (nSPS) is 12.5. The molecule has 33 heavy (non-hydrogen) atoms. The van der Waals surface area contributed by atoms with Crippen molar-refractivity contribution in [2.24, 2.45) is 5.92 Å². The Morgan fingerprint density at radius 2 is 1.39 bits per heavy atom. The second-order valence-corrected chi connectivity index (χ2v) is 9.82. The van der Waals surface area contributed by atoms with Gasteiger partial charge in [-0.15, -0.1) is 0 Å². The van der Waals surface area contributed by atoms with E-state index in [1.807, 2.05) is 54.6 Å². The summed E-state index contributed by atoms with van der Waals surface area (Å²) in [7, 11) is -3.95. The van der Waals surface area contributed by atoms with Gasteiger partial charge >= 0.3 is 0 Å². The highest BCUT2D eigenvalue weighted by Gasteiger charge is 2.26. The van der Waals surface area contributed by atoms with Crippen molar-refractivity contribution in [2.75, 3.05) is 13.1 Å². The monoisotopic (exact) mass is 467 g/mol. The summed E-state index contributed by atoms with van der Waals surface area (Å²) >= 11 is 0. The minimum Gasteiger partial charge on any atom is -0.354 e. The lowest BCUT2D eigenvalue weighted by molar-refractivity contribution is -0.125. The van der Waals surface area contributed by atoms with Crippen LogP contribution >= 0.6 is 0 Å². The molecule has 0 spiro atoms. The Labute approximate surface area is 194 Å². The average Bonchev–Trinajstić information content (AvgIpc) is 2.81. The minimum absolute atomic E-state index is 0.0938. The Balaban J connectivity index is 1.75. The Morgan fingerprint density at radius 3 is 2.06 bits per heavy atom. The van der Waals surface area contributed by atoms with Crippen molar-refractivity contribution >= 4 is 32.6 Å². The van der Waals surface area contributed by atoms with Gasteiger partial charge in [0.25, 0.3) is 0 Å². The summed E-state index contributed by atoms with van der Waals surface area (Å²) in [6.07, 6.45) is 0.192. The van der Waals surface area contributed by atoms with Crippen LogP contribution in [-0.4, -0.2) is 39.4 Å². The number of rotatable bonds is 10. The Hall–Kier alpha value is -3.23. The largest absolute Gasteiger partial charge is 0.354 e. The number of carbonyl (C=O) groups is 2. The first-order valence-corrected chi connectivity index (χ1v) is 12.3. The Bertz CT molecular complexity index is 1210. The molecular weight excluding hydrogens is 438 g/mol. The zero-order valence-corrected chi connectivity index (χ0v) is 19.6. The number of sulfonamides is 1. The summed E-state index contributed by atoms with van der Waals surface area (Å²) in [4.78, 5) is 24.7. The minimum atomic E-state index is -3.95. The molecule has 0 aliphatic carbocycles. The van der Waals surface area contributed by atoms with Gasteiger partial charge in [-0.2, -0.15) is 4.72 Å². The number of fused-ring (bicyclic) bond motifs is 1. The van der Waals surface area contributed by atoms with Crippen LogP contribution in [0.3, 0.4) is 0 Å². The average molecular weight is 468 g/mol. The van der Waals surface area contributed by atoms with E-state index in [0.29, 0.717) is 0 Å². The number of nitrogens with one attached hydrogen (secondary N) is 3. The highest BCUT2D eigenvalue weighted by molar-refractivity contribution is 7.89. The van der Waals surface area contributed by atoms with Crippen molar-refractivity contribution in [2.45, 2.75) is 31.2 Å². The molecule has 0 saturated heterocycles. The van der Waals surface area contributed by atoms with E-state index in [1.54, 1.807) is 26.0 Å². The van der Waals surface area contributed by atoms with Gasteiger partial charge in [0.1, 0.15) is 6.04 Å². The van der Waals surface area contributed by atoms with Crippen LogP contribution in [0.15, 0.2) is 77.7 Å². The molecule has 0 aromatic heterocycles. The molecular formula is C25H29N3O4S. The maximum Gasteiger partial charge on any atom is 0.241 e. The van der Waals surface area contributed by atoms with E-state index in [2.05, 4.69) is 15.4 Å². The fourth-order valence-corrected chi connectivity index (χ4v) is 4.56. The number of benzene rings is 3. The first kappa shape index (κ1) is 24.4. The Kier molecular flexibility index (Phi) is 8.19. The first-order chi connectivity index (χ1) is 15.8. The van der Waals surface area contributed by atoms with Gasteiger partial charge in [0, 0.05) is 19.0 Å². The molecule has 1 atom stereocenters. The second-order valence-electron chi connectivity index (χ2n) is 8.11. The van der Waals surface area contributed by atoms with E-state index < -0.39 is 22.0 Å². The maximum absolute atomic E-state index is 13.1. The number of hydrogen-bond acceptors (Lipinski definition) is 4. The van der Waals surface area contributed by atoms with Crippen LogP contribution in [0, 0.1) is 5.92 Å². The van der Waals surface area contributed by atoms with E-state index in [0.717, 1.165) is 16.3 Å². The summed E-state index contributed by atoms with van der Waals surface area (Å²) in [6, 6.07) is 20.5. The molecule has 7 nitrogen and oxygen atoms in total. The molecule has 0 unspecified atom stereocenters. The molecule has 0 radical (unpaired) electrons. The third-order valence-electron chi connectivity index (χ3n) is 5.18. The SMILES string of the molecule is CC(C)C(=O)NCCNC(=O)[C@@H](Cc1ccccc1)NS(=O)(=O)c1ccc2ccccc2c1. The summed E-state index contributed by atoms with van der Waals surface area (Å²) in [5.41, 5.74) is 0.826. The van der Waals surface area contributed by atoms with Crippen LogP contribution in [0.4, 0.5) is 0 Å². The quantitative estimate of drug-likeness (QED) is 0.399. The molecule has 0 aliphatic heterocycles. The molecule has 3 rings (SSSR count). The summed E-state index contributed by atoms with van der Waals surface area (Å²) in [6.45, 7) is 4.02. The lowest BCUT2D eigenvalue weighted by Crippen LogP contribution is -2.49. The molecule has 0 saturated carbocycles. The number of carbonyl (C=O) groups excluding carboxylic acids is 2. The molecule has 3 aromatic rings. The zero-order chi connectivity index (χ0) is 23.8. The summed E-state index contributed by atoms with van der Waals surface area (Å²) < 4.78 is 28.8. The zero-order valence-electron chi connectivity index (χ0n) is 18.7. The number of hydrogen-bond donors (Lipinski definition) is 3. The highest BCUT2D eigenvalue weighted by atomic mass is 32.2. The molecule has 8 heteroatoms. The topological polar surface area (TPSA) is 104 Å². The van der Waals surface area contributed by atoms with Gasteiger partial charge in [-0.1, -0.05) is 74.5 Å².